The highest BCUT2D eigenvalue weighted by Gasteiger charge is 2.20. The first kappa shape index (κ1) is 19.7. The molecule has 0 bridgehead atoms. The van der Waals surface area contributed by atoms with Gasteiger partial charge in [0.2, 0.25) is 5.91 Å². The molecule has 0 saturated heterocycles. The van der Waals surface area contributed by atoms with Crippen molar-refractivity contribution < 1.29 is 19.1 Å². The summed E-state index contributed by atoms with van der Waals surface area (Å²) in [5, 5.41) is 2.86. The SMILES string of the molecule is CC(C)OC(=O)CC(NC(=O)COCc1ccccc1)c1ccccc1. The van der Waals surface area contributed by atoms with Crippen molar-refractivity contribution in [2.75, 3.05) is 6.61 Å². The van der Waals surface area contributed by atoms with Gasteiger partial charge in [-0.2, -0.15) is 0 Å². The molecule has 5 nitrogen and oxygen atoms in total. The highest BCUT2D eigenvalue weighted by Crippen LogP contribution is 2.17. The Labute approximate surface area is 154 Å². The van der Waals surface area contributed by atoms with Gasteiger partial charge in [-0.25, -0.2) is 0 Å². The van der Waals surface area contributed by atoms with Gasteiger partial charge >= 0.3 is 5.97 Å². The van der Waals surface area contributed by atoms with Crippen molar-refractivity contribution in [3.63, 3.8) is 0 Å². The van der Waals surface area contributed by atoms with Gasteiger partial charge in [0.25, 0.3) is 0 Å². The molecule has 0 heterocycles. The highest BCUT2D eigenvalue weighted by molar-refractivity contribution is 5.79. The monoisotopic (exact) mass is 355 g/mol. The molecule has 0 radical (unpaired) electrons. The molecule has 0 fully saturated rings. The number of carbonyl (C=O) groups excluding carboxylic acids is 2. The molecule has 1 atom stereocenters. The zero-order valence-corrected chi connectivity index (χ0v) is 15.2. The number of esters is 1. The zero-order chi connectivity index (χ0) is 18.8. The second-order valence-corrected chi connectivity index (χ2v) is 6.25. The predicted molar refractivity (Wildman–Crippen MR) is 99.3 cm³/mol. The lowest BCUT2D eigenvalue weighted by Crippen LogP contribution is -2.33. The first-order valence-electron chi connectivity index (χ1n) is 8.70. The Balaban J connectivity index is 1.90. The number of nitrogens with one attached hydrogen (secondary N) is 1. The minimum atomic E-state index is -0.449. The lowest BCUT2D eigenvalue weighted by Gasteiger charge is -2.19. The first-order chi connectivity index (χ1) is 12.5. The van der Waals surface area contributed by atoms with Crippen molar-refractivity contribution in [3.8, 4) is 0 Å². The third-order valence-corrected chi connectivity index (χ3v) is 3.62. The van der Waals surface area contributed by atoms with Crippen LogP contribution in [0.5, 0.6) is 0 Å². The molecule has 0 aliphatic heterocycles. The van der Waals surface area contributed by atoms with E-state index in [-0.39, 0.29) is 31.0 Å². The first-order valence-corrected chi connectivity index (χ1v) is 8.70. The molecule has 138 valence electrons. The van der Waals surface area contributed by atoms with Crippen LogP contribution in [0.3, 0.4) is 0 Å². The zero-order valence-electron chi connectivity index (χ0n) is 15.2. The summed E-state index contributed by atoms with van der Waals surface area (Å²) in [6.45, 7) is 3.88. The molecule has 0 saturated carbocycles. The van der Waals surface area contributed by atoms with Crippen molar-refractivity contribution in [1.29, 1.82) is 0 Å². The maximum Gasteiger partial charge on any atom is 0.308 e. The van der Waals surface area contributed by atoms with Crippen LogP contribution in [0.25, 0.3) is 0 Å². The standard InChI is InChI=1S/C21H25NO4/c1-16(2)26-21(24)13-19(18-11-7-4-8-12-18)22-20(23)15-25-14-17-9-5-3-6-10-17/h3-12,16,19H,13-15H2,1-2H3,(H,22,23). The Morgan fingerprint density at radius 3 is 2.19 bits per heavy atom. The molecule has 2 aromatic carbocycles. The number of ether oxygens (including phenoxy) is 2. The van der Waals surface area contributed by atoms with Crippen LogP contribution >= 0.6 is 0 Å². The summed E-state index contributed by atoms with van der Waals surface area (Å²) in [6.07, 6.45) is -0.115. The van der Waals surface area contributed by atoms with E-state index in [1.807, 2.05) is 60.7 Å². The second kappa shape index (κ2) is 10.4. The summed E-state index contributed by atoms with van der Waals surface area (Å²) in [6, 6.07) is 18.6. The summed E-state index contributed by atoms with van der Waals surface area (Å²) >= 11 is 0. The largest absolute Gasteiger partial charge is 0.463 e. The molecule has 1 N–H and O–H groups in total. The molecule has 5 heteroatoms. The maximum atomic E-state index is 12.2. The molecule has 0 spiro atoms. The maximum absolute atomic E-state index is 12.2. The minimum Gasteiger partial charge on any atom is -0.463 e. The van der Waals surface area contributed by atoms with Crippen LogP contribution in [0, 0.1) is 0 Å². The van der Waals surface area contributed by atoms with Crippen LogP contribution < -0.4 is 5.32 Å². The van der Waals surface area contributed by atoms with Gasteiger partial charge in [-0.15, -0.1) is 0 Å². The summed E-state index contributed by atoms with van der Waals surface area (Å²) < 4.78 is 10.7. The summed E-state index contributed by atoms with van der Waals surface area (Å²) in [7, 11) is 0. The van der Waals surface area contributed by atoms with Gasteiger partial charge < -0.3 is 14.8 Å². The van der Waals surface area contributed by atoms with Crippen molar-refractivity contribution in [2.24, 2.45) is 0 Å². The predicted octanol–water partition coefficient (Wildman–Crippen LogP) is 3.40. The third-order valence-electron chi connectivity index (χ3n) is 3.62. The lowest BCUT2D eigenvalue weighted by atomic mass is 10.0. The van der Waals surface area contributed by atoms with Crippen LogP contribution in [0.1, 0.15) is 37.4 Å². The van der Waals surface area contributed by atoms with E-state index in [0.717, 1.165) is 11.1 Å². The molecule has 2 rings (SSSR count). The van der Waals surface area contributed by atoms with E-state index in [4.69, 9.17) is 9.47 Å². The smallest absolute Gasteiger partial charge is 0.308 e. The Kier molecular flexibility index (Phi) is 7.83. The van der Waals surface area contributed by atoms with E-state index in [1.165, 1.54) is 0 Å². The van der Waals surface area contributed by atoms with E-state index in [1.54, 1.807) is 13.8 Å². The van der Waals surface area contributed by atoms with Gasteiger partial charge in [0.15, 0.2) is 0 Å². The van der Waals surface area contributed by atoms with Crippen LogP contribution in [0.2, 0.25) is 0 Å². The van der Waals surface area contributed by atoms with Crippen LogP contribution in [0.4, 0.5) is 0 Å². The molecular formula is C21H25NO4. The number of hydrogen-bond acceptors (Lipinski definition) is 4. The molecular weight excluding hydrogens is 330 g/mol. The van der Waals surface area contributed by atoms with E-state index in [2.05, 4.69) is 5.32 Å². The van der Waals surface area contributed by atoms with Gasteiger partial charge in [-0.3, -0.25) is 9.59 Å². The average Bonchev–Trinajstić information content (AvgIpc) is 2.62. The molecule has 2 aromatic rings. The van der Waals surface area contributed by atoms with Gasteiger partial charge in [-0.1, -0.05) is 60.7 Å². The fraction of sp³-hybridized carbons (Fsp3) is 0.333. The van der Waals surface area contributed by atoms with E-state index >= 15 is 0 Å². The Hall–Kier alpha value is -2.66. The number of amides is 1. The van der Waals surface area contributed by atoms with Crippen molar-refractivity contribution >= 4 is 11.9 Å². The average molecular weight is 355 g/mol. The summed E-state index contributed by atoms with van der Waals surface area (Å²) in [5.41, 5.74) is 1.85. The number of benzene rings is 2. The Morgan fingerprint density at radius 2 is 1.58 bits per heavy atom. The van der Waals surface area contributed by atoms with Crippen molar-refractivity contribution in [2.45, 2.75) is 39.0 Å². The van der Waals surface area contributed by atoms with Gasteiger partial charge in [-0.05, 0) is 25.0 Å². The minimum absolute atomic E-state index is 0.0720. The number of hydrogen-bond donors (Lipinski definition) is 1. The van der Waals surface area contributed by atoms with Crippen molar-refractivity contribution in [1.82, 2.24) is 5.32 Å². The molecule has 0 aliphatic rings. The highest BCUT2D eigenvalue weighted by atomic mass is 16.5. The number of carbonyl (C=O) groups is 2. The van der Waals surface area contributed by atoms with Crippen LogP contribution in [-0.4, -0.2) is 24.6 Å². The Bertz CT molecular complexity index is 686. The van der Waals surface area contributed by atoms with Crippen LogP contribution in [-0.2, 0) is 25.7 Å². The second-order valence-electron chi connectivity index (χ2n) is 6.25. The van der Waals surface area contributed by atoms with Gasteiger partial charge in [0.1, 0.15) is 6.61 Å². The normalized spacial score (nSPS) is 11.8. The summed E-state index contributed by atoms with van der Waals surface area (Å²) in [5.74, 6) is -0.619. The lowest BCUT2D eigenvalue weighted by molar-refractivity contribution is -0.148. The molecule has 0 aliphatic carbocycles. The van der Waals surface area contributed by atoms with Gasteiger partial charge in [0.05, 0.1) is 25.2 Å². The van der Waals surface area contributed by atoms with Crippen LogP contribution in [0.15, 0.2) is 60.7 Å². The number of rotatable bonds is 9. The third kappa shape index (κ3) is 7.07. The fourth-order valence-electron chi connectivity index (χ4n) is 2.49. The van der Waals surface area contributed by atoms with Gasteiger partial charge in [0, 0.05) is 0 Å². The quantitative estimate of drug-likeness (QED) is 0.700. The molecule has 1 amide bonds. The topological polar surface area (TPSA) is 64.6 Å². The molecule has 0 aromatic heterocycles. The van der Waals surface area contributed by atoms with E-state index in [9.17, 15) is 9.59 Å². The van der Waals surface area contributed by atoms with E-state index in [0.29, 0.717) is 6.61 Å². The van der Waals surface area contributed by atoms with Crippen molar-refractivity contribution in [3.05, 3.63) is 71.8 Å². The molecule has 26 heavy (non-hydrogen) atoms. The Morgan fingerprint density at radius 1 is 0.962 bits per heavy atom. The molecule has 1 unspecified atom stereocenters. The fourth-order valence-corrected chi connectivity index (χ4v) is 2.49. The summed E-state index contributed by atoms with van der Waals surface area (Å²) in [4.78, 5) is 24.2. The van der Waals surface area contributed by atoms with E-state index < -0.39 is 6.04 Å².